The molecule has 7 nitrogen and oxygen atoms in total. The van der Waals surface area contributed by atoms with Crippen LogP contribution in [0.1, 0.15) is 28.8 Å². The fraction of sp³-hybridized carbons (Fsp3) is 0.320. The van der Waals surface area contributed by atoms with E-state index in [4.69, 9.17) is 0 Å². The minimum absolute atomic E-state index is 0.0348. The fourth-order valence-electron chi connectivity index (χ4n) is 4.13. The number of piperazine rings is 1. The number of carbonyl (C=O) groups is 3. The first-order valence-electron chi connectivity index (χ1n) is 11.3. The predicted molar refractivity (Wildman–Crippen MR) is 123 cm³/mol. The molecule has 0 spiro atoms. The third-order valence-corrected chi connectivity index (χ3v) is 6.03. The second-order valence-corrected chi connectivity index (χ2v) is 8.28. The molecule has 0 radical (unpaired) electrons. The molecule has 1 fully saturated rings. The number of halogens is 2. The molecule has 0 saturated carbocycles. The summed E-state index contributed by atoms with van der Waals surface area (Å²) in [7, 11) is 0. The van der Waals surface area contributed by atoms with Crippen molar-refractivity contribution in [1.82, 2.24) is 20.1 Å². The number of H-pyrrole nitrogens is 1. The lowest BCUT2D eigenvalue weighted by Gasteiger charge is -2.35. The monoisotopic (exact) mass is 468 g/mol. The van der Waals surface area contributed by atoms with Gasteiger partial charge in [-0.3, -0.25) is 14.4 Å². The van der Waals surface area contributed by atoms with Crippen molar-refractivity contribution in [2.75, 3.05) is 32.7 Å². The Kier molecular flexibility index (Phi) is 7.20. The summed E-state index contributed by atoms with van der Waals surface area (Å²) < 4.78 is 26.6. The van der Waals surface area contributed by atoms with E-state index in [0.29, 0.717) is 45.1 Å². The Balaban J connectivity index is 1.18. The van der Waals surface area contributed by atoms with Gasteiger partial charge in [0.05, 0.1) is 12.0 Å². The van der Waals surface area contributed by atoms with E-state index in [1.807, 2.05) is 30.5 Å². The molecule has 2 N–H and O–H groups in total. The maximum Gasteiger partial charge on any atom is 0.254 e. The number of hydrogen-bond acceptors (Lipinski definition) is 3. The van der Waals surface area contributed by atoms with Crippen LogP contribution in [-0.2, 0) is 16.0 Å². The summed E-state index contributed by atoms with van der Waals surface area (Å²) in [5.41, 5.74) is 1.72. The van der Waals surface area contributed by atoms with Crippen molar-refractivity contribution in [2.24, 2.45) is 0 Å². The number of amides is 3. The Morgan fingerprint density at radius 2 is 1.65 bits per heavy atom. The molecule has 0 unspecified atom stereocenters. The van der Waals surface area contributed by atoms with Crippen molar-refractivity contribution in [1.29, 1.82) is 0 Å². The Morgan fingerprint density at radius 3 is 2.38 bits per heavy atom. The Hall–Kier alpha value is -3.75. The third kappa shape index (κ3) is 5.41. The summed E-state index contributed by atoms with van der Waals surface area (Å²) in [5.74, 6) is -2.34. The standard InChI is InChI=1S/C25H26F2N4O3/c26-18-7-8-20(21(27)15-18)25(34)28-9-3-6-23(32)30-10-12-31(13-11-30)24(33)14-17-16-29-22-5-2-1-4-19(17)22/h1-2,4-5,7-8,15-16,29H,3,6,9-14H2,(H,28,34). The summed E-state index contributed by atoms with van der Waals surface area (Å²) >= 11 is 0. The molecule has 1 saturated heterocycles. The maximum absolute atomic E-state index is 13.7. The lowest BCUT2D eigenvalue weighted by atomic mass is 10.1. The molecule has 0 atom stereocenters. The first kappa shape index (κ1) is 23.4. The third-order valence-electron chi connectivity index (χ3n) is 6.03. The Morgan fingerprint density at radius 1 is 0.941 bits per heavy atom. The van der Waals surface area contributed by atoms with Crippen LogP contribution in [-0.4, -0.2) is 65.2 Å². The molecular formula is C25H26F2N4O3. The van der Waals surface area contributed by atoms with E-state index in [1.54, 1.807) is 9.80 Å². The van der Waals surface area contributed by atoms with Crippen molar-refractivity contribution in [3.63, 3.8) is 0 Å². The lowest BCUT2D eigenvalue weighted by Crippen LogP contribution is -2.51. The number of nitrogens with zero attached hydrogens (tertiary/aromatic N) is 2. The molecule has 3 aromatic rings. The summed E-state index contributed by atoms with van der Waals surface area (Å²) in [6.07, 6.45) is 2.81. The van der Waals surface area contributed by atoms with Gasteiger partial charge in [0.1, 0.15) is 11.6 Å². The van der Waals surface area contributed by atoms with Crippen LogP contribution < -0.4 is 5.32 Å². The first-order valence-corrected chi connectivity index (χ1v) is 11.3. The number of nitrogens with one attached hydrogen (secondary N) is 2. The number of carbonyl (C=O) groups excluding carboxylic acids is 3. The summed E-state index contributed by atoms with van der Waals surface area (Å²) in [4.78, 5) is 43.9. The summed E-state index contributed by atoms with van der Waals surface area (Å²) in [6, 6.07) is 10.6. The molecule has 1 aliphatic rings. The Labute approximate surface area is 195 Å². The fourth-order valence-corrected chi connectivity index (χ4v) is 4.13. The quantitative estimate of drug-likeness (QED) is 0.523. The van der Waals surface area contributed by atoms with Gasteiger partial charge in [-0.2, -0.15) is 0 Å². The summed E-state index contributed by atoms with van der Waals surface area (Å²) in [5, 5.41) is 3.59. The van der Waals surface area contributed by atoms with Crippen LogP contribution in [0.15, 0.2) is 48.7 Å². The zero-order chi connectivity index (χ0) is 24.1. The number of para-hydroxylation sites is 1. The SMILES string of the molecule is O=C(NCCCC(=O)N1CCN(C(=O)Cc2c[nH]c3ccccc23)CC1)c1ccc(F)cc1F. The zero-order valence-electron chi connectivity index (χ0n) is 18.7. The van der Waals surface area contributed by atoms with Gasteiger partial charge in [0.25, 0.3) is 5.91 Å². The highest BCUT2D eigenvalue weighted by Crippen LogP contribution is 2.19. The lowest BCUT2D eigenvalue weighted by molar-refractivity contribution is -0.139. The van der Waals surface area contributed by atoms with Crippen LogP contribution in [0.4, 0.5) is 8.78 Å². The van der Waals surface area contributed by atoms with Gasteiger partial charge in [-0.25, -0.2) is 8.78 Å². The molecule has 0 bridgehead atoms. The van der Waals surface area contributed by atoms with Gasteiger partial charge >= 0.3 is 0 Å². The molecule has 2 aromatic carbocycles. The second-order valence-electron chi connectivity index (χ2n) is 8.28. The van der Waals surface area contributed by atoms with Gasteiger partial charge in [0, 0.05) is 62.3 Å². The van der Waals surface area contributed by atoms with Crippen LogP contribution in [0, 0.1) is 11.6 Å². The van der Waals surface area contributed by atoms with E-state index in [-0.39, 0.29) is 30.3 Å². The minimum atomic E-state index is -0.925. The minimum Gasteiger partial charge on any atom is -0.361 e. The van der Waals surface area contributed by atoms with Crippen LogP contribution in [0.3, 0.4) is 0 Å². The number of rotatable bonds is 7. The molecule has 4 rings (SSSR count). The first-order chi connectivity index (χ1) is 16.4. The largest absolute Gasteiger partial charge is 0.361 e. The van der Waals surface area contributed by atoms with Gasteiger partial charge in [0.15, 0.2) is 0 Å². The van der Waals surface area contributed by atoms with E-state index in [9.17, 15) is 23.2 Å². The average molecular weight is 469 g/mol. The molecule has 0 aliphatic carbocycles. The van der Waals surface area contributed by atoms with Crippen molar-refractivity contribution < 1.29 is 23.2 Å². The highest BCUT2D eigenvalue weighted by atomic mass is 19.1. The van der Waals surface area contributed by atoms with Crippen LogP contribution in [0.2, 0.25) is 0 Å². The van der Waals surface area contributed by atoms with E-state index in [1.165, 1.54) is 0 Å². The normalized spacial score (nSPS) is 13.8. The highest BCUT2D eigenvalue weighted by molar-refractivity contribution is 5.94. The van der Waals surface area contributed by atoms with Crippen LogP contribution in [0.25, 0.3) is 10.9 Å². The summed E-state index contributed by atoms with van der Waals surface area (Å²) in [6.45, 7) is 2.09. The molecule has 3 amide bonds. The molecule has 9 heteroatoms. The predicted octanol–water partition coefficient (Wildman–Crippen LogP) is 2.87. The molecule has 2 heterocycles. The number of aromatic amines is 1. The van der Waals surface area contributed by atoms with E-state index in [2.05, 4.69) is 10.3 Å². The van der Waals surface area contributed by atoms with Crippen molar-refractivity contribution in [3.8, 4) is 0 Å². The molecule has 1 aromatic heterocycles. The van der Waals surface area contributed by atoms with Crippen molar-refractivity contribution in [2.45, 2.75) is 19.3 Å². The number of aromatic nitrogens is 1. The average Bonchev–Trinajstić information content (AvgIpc) is 3.24. The molecule has 34 heavy (non-hydrogen) atoms. The van der Waals surface area contributed by atoms with Crippen molar-refractivity contribution >= 4 is 28.6 Å². The van der Waals surface area contributed by atoms with E-state index in [0.717, 1.165) is 28.6 Å². The van der Waals surface area contributed by atoms with E-state index < -0.39 is 17.5 Å². The van der Waals surface area contributed by atoms with Gasteiger partial charge in [-0.05, 0) is 30.2 Å². The van der Waals surface area contributed by atoms with E-state index >= 15 is 0 Å². The number of hydrogen-bond donors (Lipinski definition) is 2. The number of benzene rings is 2. The molecular weight excluding hydrogens is 442 g/mol. The molecule has 1 aliphatic heterocycles. The smallest absolute Gasteiger partial charge is 0.254 e. The van der Waals surface area contributed by atoms with Gasteiger partial charge in [-0.1, -0.05) is 18.2 Å². The second kappa shape index (κ2) is 10.5. The number of fused-ring (bicyclic) bond motifs is 1. The Bertz CT molecular complexity index is 1200. The van der Waals surface area contributed by atoms with Crippen LogP contribution >= 0.6 is 0 Å². The zero-order valence-corrected chi connectivity index (χ0v) is 18.7. The maximum atomic E-state index is 13.7. The molecule has 178 valence electrons. The van der Waals surface area contributed by atoms with Crippen LogP contribution in [0.5, 0.6) is 0 Å². The highest BCUT2D eigenvalue weighted by Gasteiger charge is 2.24. The van der Waals surface area contributed by atoms with Gasteiger partial charge < -0.3 is 20.1 Å². The van der Waals surface area contributed by atoms with Gasteiger partial charge in [-0.15, -0.1) is 0 Å². The van der Waals surface area contributed by atoms with Crippen molar-refractivity contribution in [3.05, 3.63) is 71.4 Å². The van der Waals surface area contributed by atoms with Gasteiger partial charge in [0.2, 0.25) is 11.8 Å². The topological polar surface area (TPSA) is 85.5 Å².